The molecule has 6 nitrogen and oxygen atoms in total. The molecule has 1 aliphatic rings. The molecule has 4 rings (SSSR count). The predicted octanol–water partition coefficient (Wildman–Crippen LogP) is 3.77. The highest BCUT2D eigenvalue weighted by molar-refractivity contribution is 5.96. The van der Waals surface area contributed by atoms with Gasteiger partial charge in [0.2, 0.25) is 5.91 Å². The fourth-order valence-electron chi connectivity index (χ4n) is 4.42. The maximum absolute atomic E-state index is 13.0. The number of benzene rings is 2. The summed E-state index contributed by atoms with van der Waals surface area (Å²) >= 11 is 0. The Morgan fingerprint density at radius 3 is 2.52 bits per heavy atom. The molecular weight excluding hydrogens is 414 g/mol. The van der Waals surface area contributed by atoms with Crippen LogP contribution < -0.4 is 0 Å². The lowest BCUT2D eigenvalue weighted by atomic mass is 9.82. The normalized spacial score (nSPS) is 17.4. The molecule has 0 unspecified atom stereocenters. The first-order chi connectivity index (χ1) is 16.0. The zero-order valence-electron chi connectivity index (χ0n) is 19.3. The monoisotopic (exact) mass is 443 g/mol. The number of rotatable bonds is 7. The van der Waals surface area contributed by atoms with E-state index in [-0.39, 0.29) is 30.3 Å². The molecule has 1 aliphatic heterocycles. The fraction of sp³-hybridized carbons (Fsp3) is 0.296. The van der Waals surface area contributed by atoms with Gasteiger partial charge in [-0.25, -0.2) is 0 Å². The van der Waals surface area contributed by atoms with Crippen LogP contribution in [0.25, 0.3) is 11.1 Å². The van der Waals surface area contributed by atoms with Crippen LogP contribution in [-0.4, -0.2) is 66.5 Å². The lowest BCUT2D eigenvalue weighted by Gasteiger charge is -2.48. The van der Waals surface area contributed by atoms with Crippen LogP contribution >= 0.6 is 0 Å². The SMILES string of the molecule is COC[C@@H]1[C@H](c2ccc(-c3ccccc3C)cc2)CN1C(=O)CN(C)C(=O)c1cccnc1. The standard InChI is InChI=1S/C27H29N3O3/c1-19-7-4-5-9-23(19)20-10-12-21(13-11-20)24-16-30(25(24)18-33-3)26(31)17-29(2)27(32)22-8-6-14-28-15-22/h4-15,24-25H,16-18H2,1-3H3/t24-,25+/m0/s1. The van der Waals surface area contributed by atoms with Crippen molar-refractivity contribution in [1.82, 2.24) is 14.8 Å². The van der Waals surface area contributed by atoms with Crippen molar-refractivity contribution in [3.63, 3.8) is 0 Å². The maximum atomic E-state index is 13.0. The number of aromatic nitrogens is 1. The zero-order chi connectivity index (χ0) is 23.4. The zero-order valence-corrected chi connectivity index (χ0v) is 19.3. The highest BCUT2D eigenvalue weighted by Gasteiger charge is 2.42. The molecular formula is C27H29N3O3. The molecule has 0 radical (unpaired) electrons. The fourth-order valence-corrected chi connectivity index (χ4v) is 4.42. The van der Waals surface area contributed by atoms with Gasteiger partial charge in [-0.05, 0) is 41.3 Å². The summed E-state index contributed by atoms with van der Waals surface area (Å²) in [4.78, 5) is 32.8. The quantitative estimate of drug-likeness (QED) is 0.558. The third kappa shape index (κ3) is 4.81. The minimum Gasteiger partial charge on any atom is -0.383 e. The van der Waals surface area contributed by atoms with Gasteiger partial charge in [-0.2, -0.15) is 0 Å². The molecule has 0 aliphatic carbocycles. The molecule has 2 heterocycles. The first-order valence-electron chi connectivity index (χ1n) is 11.1. The number of hydrogen-bond acceptors (Lipinski definition) is 4. The van der Waals surface area contributed by atoms with Gasteiger partial charge in [0.25, 0.3) is 5.91 Å². The van der Waals surface area contributed by atoms with E-state index in [2.05, 4.69) is 54.4 Å². The van der Waals surface area contributed by atoms with Crippen molar-refractivity contribution in [2.75, 3.05) is 33.9 Å². The Hall–Kier alpha value is -3.51. The van der Waals surface area contributed by atoms with Crippen molar-refractivity contribution in [3.8, 4) is 11.1 Å². The van der Waals surface area contributed by atoms with Gasteiger partial charge in [0.1, 0.15) is 0 Å². The number of methoxy groups -OCH3 is 1. The van der Waals surface area contributed by atoms with Crippen LogP contribution in [0, 0.1) is 6.92 Å². The van der Waals surface area contributed by atoms with Crippen LogP contribution in [0.3, 0.4) is 0 Å². The van der Waals surface area contributed by atoms with E-state index in [0.29, 0.717) is 18.7 Å². The molecule has 0 spiro atoms. The molecule has 0 saturated carbocycles. The second-order valence-corrected chi connectivity index (χ2v) is 8.52. The van der Waals surface area contributed by atoms with Crippen molar-refractivity contribution in [3.05, 3.63) is 89.7 Å². The lowest BCUT2D eigenvalue weighted by molar-refractivity contribution is -0.143. The first-order valence-corrected chi connectivity index (χ1v) is 11.1. The number of aryl methyl sites for hydroxylation is 1. The molecule has 0 N–H and O–H groups in total. The van der Waals surface area contributed by atoms with Crippen LogP contribution in [0.2, 0.25) is 0 Å². The molecule has 2 atom stereocenters. The van der Waals surface area contributed by atoms with Gasteiger partial charge < -0.3 is 14.5 Å². The summed E-state index contributed by atoms with van der Waals surface area (Å²) in [5.74, 6) is -0.0904. The summed E-state index contributed by atoms with van der Waals surface area (Å²) in [7, 11) is 3.29. The van der Waals surface area contributed by atoms with Crippen molar-refractivity contribution in [2.45, 2.75) is 18.9 Å². The van der Waals surface area contributed by atoms with Gasteiger partial charge in [0, 0.05) is 39.0 Å². The molecule has 170 valence electrons. The Balaban J connectivity index is 1.42. The third-order valence-corrected chi connectivity index (χ3v) is 6.34. The number of hydrogen-bond donors (Lipinski definition) is 0. The number of likely N-dealkylation sites (N-methyl/N-ethyl adjacent to an activating group) is 1. The number of amides is 2. The highest BCUT2D eigenvalue weighted by atomic mass is 16.5. The number of carbonyl (C=O) groups is 2. The summed E-state index contributed by atoms with van der Waals surface area (Å²) < 4.78 is 5.43. The Labute approximate surface area is 194 Å². The molecule has 1 saturated heterocycles. The number of carbonyl (C=O) groups excluding carboxylic acids is 2. The predicted molar refractivity (Wildman–Crippen MR) is 128 cm³/mol. The molecule has 6 heteroatoms. The Morgan fingerprint density at radius 1 is 1.09 bits per heavy atom. The molecule has 33 heavy (non-hydrogen) atoms. The summed E-state index contributed by atoms with van der Waals surface area (Å²) in [6.07, 6.45) is 3.13. The van der Waals surface area contributed by atoms with Crippen LogP contribution in [0.5, 0.6) is 0 Å². The van der Waals surface area contributed by atoms with E-state index in [0.717, 1.165) is 0 Å². The summed E-state index contributed by atoms with van der Waals surface area (Å²) in [5.41, 5.74) is 5.31. The van der Waals surface area contributed by atoms with Crippen LogP contribution in [-0.2, 0) is 9.53 Å². The van der Waals surface area contributed by atoms with E-state index >= 15 is 0 Å². The molecule has 3 aromatic rings. The average molecular weight is 444 g/mol. The van der Waals surface area contributed by atoms with Crippen LogP contribution in [0.15, 0.2) is 73.1 Å². The molecule has 0 bridgehead atoms. The Morgan fingerprint density at radius 2 is 1.85 bits per heavy atom. The largest absolute Gasteiger partial charge is 0.383 e. The maximum Gasteiger partial charge on any atom is 0.255 e. The molecule has 2 aromatic carbocycles. The number of ether oxygens (including phenoxy) is 1. The average Bonchev–Trinajstić information content (AvgIpc) is 2.83. The van der Waals surface area contributed by atoms with Gasteiger partial charge in [-0.15, -0.1) is 0 Å². The van der Waals surface area contributed by atoms with E-state index in [9.17, 15) is 9.59 Å². The van der Waals surface area contributed by atoms with Crippen molar-refractivity contribution in [1.29, 1.82) is 0 Å². The lowest BCUT2D eigenvalue weighted by Crippen LogP contribution is -2.60. The molecule has 2 amide bonds. The summed E-state index contributed by atoms with van der Waals surface area (Å²) in [6, 6.07) is 20.3. The topological polar surface area (TPSA) is 62.7 Å². The van der Waals surface area contributed by atoms with Gasteiger partial charge in [-0.1, -0.05) is 48.5 Å². The van der Waals surface area contributed by atoms with Gasteiger partial charge in [0.05, 0.1) is 24.8 Å². The minimum absolute atomic E-state index is 0.0207. The number of pyridine rings is 1. The van der Waals surface area contributed by atoms with E-state index < -0.39 is 0 Å². The third-order valence-electron chi connectivity index (χ3n) is 6.34. The van der Waals surface area contributed by atoms with Crippen LogP contribution in [0.1, 0.15) is 27.4 Å². The van der Waals surface area contributed by atoms with E-state index in [1.165, 1.54) is 33.4 Å². The number of nitrogens with zero attached hydrogens (tertiary/aromatic N) is 3. The van der Waals surface area contributed by atoms with E-state index in [1.807, 2.05) is 11.0 Å². The first kappa shape index (κ1) is 22.7. The van der Waals surface area contributed by atoms with Crippen molar-refractivity contribution < 1.29 is 14.3 Å². The Kier molecular flexibility index (Phi) is 6.84. The Bertz CT molecular complexity index is 1110. The number of likely N-dealkylation sites (tertiary alicyclic amines) is 1. The minimum atomic E-state index is -0.219. The van der Waals surface area contributed by atoms with E-state index in [1.54, 1.807) is 32.5 Å². The highest BCUT2D eigenvalue weighted by Crippen LogP contribution is 2.36. The smallest absolute Gasteiger partial charge is 0.255 e. The van der Waals surface area contributed by atoms with Gasteiger partial charge in [0.15, 0.2) is 0 Å². The van der Waals surface area contributed by atoms with Gasteiger partial charge in [-0.3, -0.25) is 14.6 Å². The second kappa shape index (κ2) is 9.96. The summed E-state index contributed by atoms with van der Waals surface area (Å²) in [6.45, 7) is 3.21. The molecule has 1 aromatic heterocycles. The summed E-state index contributed by atoms with van der Waals surface area (Å²) in [5, 5.41) is 0. The van der Waals surface area contributed by atoms with Gasteiger partial charge >= 0.3 is 0 Å². The van der Waals surface area contributed by atoms with Crippen molar-refractivity contribution >= 4 is 11.8 Å². The van der Waals surface area contributed by atoms with Crippen molar-refractivity contribution in [2.24, 2.45) is 0 Å². The second-order valence-electron chi connectivity index (χ2n) is 8.52. The molecule has 1 fully saturated rings. The van der Waals surface area contributed by atoms with Crippen LogP contribution in [0.4, 0.5) is 0 Å². The van der Waals surface area contributed by atoms with E-state index in [4.69, 9.17) is 4.74 Å².